The highest BCUT2D eigenvalue weighted by atomic mass is 16.2. The van der Waals surface area contributed by atoms with Crippen molar-refractivity contribution in [2.24, 2.45) is 0 Å². The molecule has 0 aliphatic rings. The molecule has 0 spiro atoms. The third kappa shape index (κ3) is 3.95. The van der Waals surface area contributed by atoms with Crippen LogP contribution in [0.2, 0.25) is 0 Å². The first-order chi connectivity index (χ1) is 14.7. The number of hydrogen-bond donors (Lipinski definition) is 1. The van der Waals surface area contributed by atoms with E-state index in [4.69, 9.17) is 0 Å². The lowest BCUT2D eigenvalue weighted by Gasteiger charge is -2.16. The molecule has 0 saturated heterocycles. The number of fused-ring (bicyclic) bond motifs is 3. The maximum absolute atomic E-state index is 13.1. The lowest BCUT2D eigenvalue weighted by Crippen LogP contribution is -2.39. The molecule has 9 nitrogen and oxygen atoms in total. The van der Waals surface area contributed by atoms with Gasteiger partial charge in [-0.25, -0.2) is 23.5 Å². The Morgan fingerprint density at radius 2 is 1.87 bits per heavy atom. The minimum atomic E-state index is -0.257. The largest absolute Gasteiger partial charge is 0.352 e. The van der Waals surface area contributed by atoms with Crippen LogP contribution in [0.25, 0.3) is 16.6 Å². The average Bonchev–Trinajstić information content (AvgIpc) is 3.21. The van der Waals surface area contributed by atoms with Crippen molar-refractivity contribution in [3.63, 3.8) is 0 Å². The second kappa shape index (κ2) is 7.98. The van der Waals surface area contributed by atoms with Gasteiger partial charge in [0, 0.05) is 12.5 Å². The van der Waals surface area contributed by atoms with Crippen LogP contribution in [0.3, 0.4) is 0 Å². The summed E-state index contributed by atoms with van der Waals surface area (Å²) in [7, 11) is 0. The molecule has 0 aliphatic carbocycles. The number of aromatic nitrogens is 6. The number of amides is 1. The van der Waals surface area contributed by atoms with E-state index in [9.17, 15) is 9.59 Å². The van der Waals surface area contributed by atoms with Gasteiger partial charge in [-0.1, -0.05) is 18.2 Å². The number of benzene rings is 1. The van der Waals surface area contributed by atoms with E-state index in [-0.39, 0.29) is 36.6 Å². The zero-order valence-corrected chi connectivity index (χ0v) is 18.5. The number of carbonyl (C=O) groups is 1. The molecular weight excluding hydrogens is 394 g/mol. The van der Waals surface area contributed by atoms with Crippen LogP contribution in [0.15, 0.2) is 35.1 Å². The van der Waals surface area contributed by atoms with Crippen molar-refractivity contribution in [1.82, 2.24) is 34.3 Å². The van der Waals surface area contributed by atoms with E-state index in [1.165, 1.54) is 4.68 Å². The normalized spacial score (nSPS) is 13.6. The molecule has 1 aromatic carbocycles. The topological polar surface area (TPSA) is 99.1 Å². The number of nitrogens with one attached hydrogen (secondary N) is 1. The van der Waals surface area contributed by atoms with Gasteiger partial charge in [-0.05, 0) is 57.7 Å². The van der Waals surface area contributed by atoms with Crippen molar-refractivity contribution in [3.05, 3.63) is 58.0 Å². The van der Waals surface area contributed by atoms with Crippen molar-refractivity contribution in [1.29, 1.82) is 0 Å². The number of aryl methyl sites for hydroxylation is 3. The molecule has 0 aliphatic heterocycles. The first kappa shape index (κ1) is 20.8. The summed E-state index contributed by atoms with van der Waals surface area (Å²) in [6.45, 7) is 9.74. The smallest absolute Gasteiger partial charge is 0.350 e. The molecule has 1 N–H and O–H groups in total. The highest BCUT2D eigenvalue weighted by Gasteiger charge is 2.18. The van der Waals surface area contributed by atoms with E-state index < -0.39 is 0 Å². The van der Waals surface area contributed by atoms with Gasteiger partial charge in [0.2, 0.25) is 5.91 Å². The van der Waals surface area contributed by atoms with Gasteiger partial charge in [-0.15, -0.1) is 5.10 Å². The maximum Gasteiger partial charge on any atom is 0.350 e. The van der Waals surface area contributed by atoms with Crippen LogP contribution in [0.1, 0.15) is 43.5 Å². The van der Waals surface area contributed by atoms with Crippen LogP contribution in [0.4, 0.5) is 0 Å². The summed E-state index contributed by atoms with van der Waals surface area (Å²) in [5.74, 6) is 1.36. The Bertz CT molecular complexity index is 1330. The second-order valence-corrected chi connectivity index (χ2v) is 8.18. The number of carbonyl (C=O) groups excluding carboxylic acids is 1. The Balaban J connectivity index is 1.50. The van der Waals surface area contributed by atoms with Crippen molar-refractivity contribution < 1.29 is 4.79 Å². The summed E-state index contributed by atoms with van der Waals surface area (Å²) < 4.78 is 4.82. The molecule has 0 fully saturated rings. The SMILES string of the molecule is Cc1nc(C)n([C@H](C)CC(=O)N[C@@H](C)Cn2nc3c(C)cc4ccccc4n3c2=O)n1. The van der Waals surface area contributed by atoms with Crippen LogP contribution in [-0.4, -0.2) is 40.9 Å². The van der Waals surface area contributed by atoms with Crippen LogP contribution in [-0.2, 0) is 11.3 Å². The molecule has 9 heteroatoms. The monoisotopic (exact) mass is 421 g/mol. The Morgan fingerprint density at radius 1 is 1.13 bits per heavy atom. The molecule has 162 valence electrons. The Hall–Kier alpha value is -3.49. The molecule has 0 bridgehead atoms. The lowest BCUT2D eigenvalue weighted by atomic mass is 10.1. The zero-order valence-electron chi connectivity index (χ0n) is 18.5. The number of pyridine rings is 1. The minimum absolute atomic E-state index is 0.106. The predicted octanol–water partition coefficient (Wildman–Crippen LogP) is 2.32. The number of para-hydroxylation sites is 1. The van der Waals surface area contributed by atoms with Gasteiger partial charge >= 0.3 is 5.69 Å². The number of rotatable bonds is 6. The molecule has 3 heterocycles. The molecule has 31 heavy (non-hydrogen) atoms. The van der Waals surface area contributed by atoms with Gasteiger partial charge in [0.25, 0.3) is 0 Å². The summed E-state index contributed by atoms with van der Waals surface area (Å²) in [5.41, 5.74) is 2.17. The summed E-state index contributed by atoms with van der Waals surface area (Å²) >= 11 is 0. The molecule has 0 unspecified atom stereocenters. The quantitative estimate of drug-likeness (QED) is 0.515. The Labute approximate surface area is 179 Å². The fourth-order valence-electron chi connectivity index (χ4n) is 4.06. The van der Waals surface area contributed by atoms with E-state index in [2.05, 4.69) is 20.5 Å². The fraction of sp³-hybridized carbons (Fsp3) is 0.409. The molecule has 1 amide bonds. The van der Waals surface area contributed by atoms with E-state index in [1.54, 1.807) is 9.08 Å². The average molecular weight is 422 g/mol. The van der Waals surface area contributed by atoms with Crippen molar-refractivity contribution in [2.45, 2.75) is 59.7 Å². The van der Waals surface area contributed by atoms with Gasteiger partial charge in [-0.2, -0.15) is 5.10 Å². The van der Waals surface area contributed by atoms with Crippen LogP contribution >= 0.6 is 0 Å². The standard InChI is InChI=1S/C22H27N7O2/c1-13-10-18-8-6-7-9-19(18)28-21(13)26-27(22(28)31)12-14(2)23-20(30)11-15(3)29-17(5)24-16(4)25-29/h6-10,14-15H,11-12H2,1-5H3,(H,23,30)/t14-,15+/m0/s1. The van der Waals surface area contributed by atoms with E-state index in [0.717, 1.165) is 22.3 Å². The summed E-state index contributed by atoms with van der Waals surface area (Å²) in [4.78, 5) is 29.9. The van der Waals surface area contributed by atoms with Gasteiger partial charge < -0.3 is 5.32 Å². The van der Waals surface area contributed by atoms with Crippen LogP contribution < -0.4 is 11.0 Å². The molecule has 2 atom stereocenters. The summed E-state index contributed by atoms with van der Waals surface area (Å²) in [5, 5.41) is 12.8. The van der Waals surface area contributed by atoms with Crippen LogP contribution in [0, 0.1) is 20.8 Å². The van der Waals surface area contributed by atoms with E-state index in [0.29, 0.717) is 11.5 Å². The molecule has 4 aromatic rings. The molecule has 0 radical (unpaired) electrons. The fourth-order valence-corrected chi connectivity index (χ4v) is 4.06. The van der Waals surface area contributed by atoms with Gasteiger partial charge in [-0.3, -0.25) is 4.79 Å². The van der Waals surface area contributed by atoms with Gasteiger partial charge in [0.05, 0.1) is 18.1 Å². The number of hydrogen-bond acceptors (Lipinski definition) is 5. The third-order valence-corrected chi connectivity index (χ3v) is 5.40. The van der Waals surface area contributed by atoms with Gasteiger partial charge in [0.15, 0.2) is 5.65 Å². The maximum atomic E-state index is 13.1. The van der Waals surface area contributed by atoms with Crippen LogP contribution in [0.5, 0.6) is 0 Å². The summed E-state index contributed by atoms with van der Waals surface area (Å²) in [6.07, 6.45) is 0.276. The van der Waals surface area contributed by atoms with E-state index >= 15 is 0 Å². The molecule has 0 saturated carbocycles. The summed E-state index contributed by atoms with van der Waals surface area (Å²) in [6, 6.07) is 9.41. The Kier molecular flexibility index (Phi) is 5.34. The first-order valence-corrected chi connectivity index (χ1v) is 10.4. The molecule has 4 rings (SSSR count). The lowest BCUT2D eigenvalue weighted by molar-refractivity contribution is -0.122. The van der Waals surface area contributed by atoms with E-state index in [1.807, 2.05) is 65.0 Å². The minimum Gasteiger partial charge on any atom is -0.352 e. The second-order valence-electron chi connectivity index (χ2n) is 8.18. The molecule has 3 aromatic heterocycles. The number of nitrogens with zero attached hydrogens (tertiary/aromatic N) is 6. The first-order valence-electron chi connectivity index (χ1n) is 10.4. The Morgan fingerprint density at radius 3 is 2.58 bits per heavy atom. The zero-order chi connectivity index (χ0) is 22.3. The third-order valence-electron chi connectivity index (χ3n) is 5.40. The van der Waals surface area contributed by atoms with Crippen molar-refractivity contribution in [3.8, 4) is 0 Å². The molecular formula is C22H27N7O2. The highest BCUT2D eigenvalue weighted by molar-refractivity contribution is 5.83. The van der Waals surface area contributed by atoms with Gasteiger partial charge in [0.1, 0.15) is 11.6 Å². The van der Waals surface area contributed by atoms with Crippen molar-refractivity contribution >= 4 is 22.5 Å². The van der Waals surface area contributed by atoms with Crippen molar-refractivity contribution in [2.75, 3.05) is 0 Å². The predicted molar refractivity (Wildman–Crippen MR) is 118 cm³/mol. The highest BCUT2D eigenvalue weighted by Crippen LogP contribution is 2.18.